The van der Waals surface area contributed by atoms with Crippen molar-refractivity contribution in [2.45, 2.75) is 13.1 Å². The molecule has 0 N–H and O–H groups in total. The Hall–Kier alpha value is -2.56. The van der Waals surface area contributed by atoms with Gasteiger partial charge in [-0.15, -0.1) is 0 Å². The quantitative estimate of drug-likeness (QED) is 0.661. The fourth-order valence-corrected chi connectivity index (χ4v) is 3.32. The number of hydrogen-bond acceptors (Lipinski definition) is 4. The number of ether oxygens (including phenoxy) is 1. The molecule has 2 heterocycles. The molecule has 1 aliphatic heterocycles. The van der Waals surface area contributed by atoms with Crippen molar-refractivity contribution in [3.63, 3.8) is 0 Å². The van der Waals surface area contributed by atoms with Crippen LogP contribution in [0, 0.1) is 0 Å². The van der Waals surface area contributed by atoms with Crippen molar-refractivity contribution < 1.29 is 9.15 Å². The summed E-state index contributed by atoms with van der Waals surface area (Å²) in [4.78, 5) is 4.95. The number of para-hydroxylation sites is 1. The van der Waals surface area contributed by atoms with E-state index in [-0.39, 0.29) is 0 Å². The fraction of sp³-hybridized carbons (Fsp3) is 0.273. The van der Waals surface area contributed by atoms with E-state index < -0.39 is 0 Å². The maximum absolute atomic E-state index is 5.95. The Morgan fingerprint density at radius 3 is 2.19 bits per heavy atom. The molecule has 0 aliphatic carbocycles. The van der Waals surface area contributed by atoms with E-state index in [2.05, 4.69) is 28.0 Å². The molecule has 1 saturated heterocycles. The number of nitrogens with zero attached hydrogens (tertiary/aromatic N) is 2. The van der Waals surface area contributed by atoms with Gasteiger partial charge in [-0.2, -0.15) is 0 Å². The molecule has 26 heavy (non-hydrogen) atoms. The minimum atomic E-state index is 0.871. The zero-order chi connectivity index (χ0) is 17.6. The molecule has 134 valence electrons. The van der Waals surface area contributed by atoms with Crippen LogP contribution in [-0.2, 0) is 13.1 Å². The fourth-order valence-electron chi connectivity index (χ4n) is 3.32. The maximum atomic E-state index is 5.95. The molecule has 0 saturated carbocycles. The van der Waals surface area contributed by atoms with Crippen LogP contribution in [0.15, 0.2) is 77.4 Å². The monoisotopic (exact) mass is 348 g/mol. The van der Waals surface area contributed by atoms with Gasteiger partial charge in [0.05, 0.1) is 12.8 Å². The van der Waals surface area contributed by atoms with E-state index in [0.717, 1.165) is 56.5 Å². The van der Waals surface area contributed by atoms with E-state index in [1.165, 1.54) is 5.56 Å². The smallest absolute Gasteiger partial charge is 0.127 e. The maximum Gasteiger partial charge on any atom is 0.127 e. The molecular formula is C22H24N2O2. The van der Waals surface area contributed by atoms with Crippen LogP contribution in [0.2, 0.25) is 0 Å². The van der Waals surface area contributed by atoms with Gasteiger partial charge in [-0.3, -0.25) is 9.80 Å². The second kappa shape index (κ2) is 8.21. The molecule has 1 aromatic heterocycles. The Labute approximate surface area is 154 Å². The zero-order valence-corrected chi connectivity index (χ0v) is 14.9. The third kappa shape index (κ3) is 4.54. The van der Waals surface area contributed by atoms with Crippen LogP contribution in [0.3, 0.4) is 0 Å². The summed E-state index contributed by atoms with van der Waals surface area (Å²) in [6, 6.07) is 22.3. The number of piperazine rings is 1. The highest BCUT2D eigenvalue weighted by atomic mass is 16.5. The van der Waals surface area contributed by atoms with E-state index in [4.69, 9.17) is 9.15 Å². The van der Waals surface area contributed by atoms with Crippen molar-refractivity contribution >= 4 is 0 Å². The van der Waals surface area contributed by atoms with Crippen molar-refractivity contribution in [3.8, 4) is 11.5 Å². The minimum absolute atomic E-state index is 0.871. The lowest BCUT2D eigenvalue weighted by atomic mass is 10.2. The summed E-state index contributed by atoms with van der Waals surface area (Å²) in [7, 11) is 0. The topological polar surface area (TPSA) is 28.9 Å². The van der Waals surface area contributed by atoms with Crippen LogP contribution in [0.25, 0.3) is 0 Å². The number of benzene rings is 2. The van der Waals surface area contributed by atoms with Gasteiger partial charge in [0, 0.05) is 32.7 Å². The molecule has 0 bridgehead atoms. The molecule has 0 spiro atoms. The van der Waals surface area contributed by atoms with E-state index in [0.29, 0.717) is 0 Å². The van der Waals surface area contributed by atoms with Crippen molar-refractivity contribution in [2.24, 2.45) is 0 Å². The lowest BCUT2D eigenvalue weighted by Gasteiger charge is -2.34. The number of hydrogen-bond donors (Lipinski definition) is 0. The Bertz CT molecular complexity index is 794. The molecule has 0 atom stereocenters. The van der Waals surface area contributed by atoms with E-state index in [1.54, 1.807) is 6.26 Å². The first-order valence-electron chi connectivity index (χ1n) is 9.14. The van der Waals surface area contributed by atoms with Gasteiger partial charge in [-0.1, -0.05) is 30.3 Å². The molecule has 1 aliphatic rings. The molecule has 0 unspecified atom stereocenters. The summed E-state index contributed by atoms with van der Waals surface area (Å²) in [5.41, 5.74) is 1.29. The molecule has 4 rings (SSSR count). The molecule has 0 amide bonds. The van der Waals surface area contributed by atoms with E-state index in [1.807, 2.05) is 48.5 Å². The average molecular weight is 348 g/mol. The minimum Gasteiger partial charge on any atom is -0.468 e. The Morgan fingerprint density at radius 2 is 1.46 bits per heavy atom. The summed E-state index contributed by atoms with van der Waals surface area (Å²) in [5.74, 6) is 2.81. The van der Waals surface area contributed by atoms with Crippen LogP contribution in [0.1, 0.15) is 11.3 Å². The predicted molar refractivity (Wildman–Crippen MR) is 102 cm³/mol. The summed E-state index contributed by atoms with van der Waals surface area (Å²) < 4.78 is 11.4. The Kier molecular flexibility index (Phi) is 5.33. The van der Waals surface area contributed by atoms with E-state index in [9.17, 15) is 0 Å². The SMILES string of the molecule is c1ccc(Oc2cccc(CN3CCN(Cc4ccco4)CC3)c2)cc1. The van der Waals surface area contributed by atoms with E-state index >= 15 is 0 Å². The lowest BCUT2D eigenvalue weighted by Crippen LogP contribution is -2.45. The first kappa shape index (κ1) is 16.9. The average Bonchev–Trinajstić information content (AvgIpc) is 3.18. The van der Waals surface area contributed by atoms with Crippen LogP contribution < -0.4 is 4.74 Å². The summed E-state index contributed by atoms with van der Waals surface area (Å²) >= 11 is 0. The van der Waals surface area contributed by atoms with Crippen LogP contribution in [-0.4, -0.2) is 36.0 Å². The van der Waals surface area contributed by atoms with Crippen molar-refractivity contribution in [1.82, 2.24) is 9.80 Å². The van der Waals surface area contributed by atoms with Gasteiger partial charge in [0.1, 0.15) is 17.3 Å². The lowest BCUT2D eigenvalue weighted by molar-refractivity contribution is 0.116. The van der Waals surface area contributed by atoms with Gasteiger partial charge >= 0.3 is 0 Å². The second-order valence-electron chi connectivity index (χ2n) is 6.69. The first-order chi connectivity index (χ1) is 12.8. The van der Waals surface area contributed by atoms with Crippen molar-refractivity contribution in [1.29, 1.82) is 0 Å². The highest BCUT2D eigenvalue weighted by Crippen LogP contribution is 2.22. The molecule has 4 nitrogen and oxygen atoms in total. The van der Waals surface area contributed by atoms with Crippen LogP contribution >= 0.6 is 0 Å². The Balaban J connectivity index is 1.30. The van der Waals surface area contributed by atoms with Gasteiger partial charge in [-0.25, -0.2) is 0 Å². The molecular weight excluding hydrogens is 324 g/mol. The Morgan fingerprint density at radius 1 is 0.731 bits per heavy atom. The number of furan rings is 1. The third-order valence-corrected chi connectivity index (χ3v) is 4.71. The first-order valence-corrected chi connectivity index (χ1v) is 9.14. The van der Waals surface area contributed by atoms with Gasteiger partial charge in [0.15, 0.2) is 0 Å². The van der Waals surface area contributed by atoms with Gasteiger partial charge < -0.3 is 9.15 Å². The summed E-state index contributed by atoms with van der Waals surface area (Å²) in [6.45, 7) is 6.15. The molecule has 4 heteroatoms. The highest BCUT2D eigenvalue weighted by molar-refractivity contribution is 5.33. The molecule has 2 aromatic carbocycles. The number of rotatable bonds is 6. The van der Waals surface area contributed by atoms with Crippen LogP contribution in [0.4, 0.5) is 0 Å². The molecule has 1 fully saturated rings. The second-order valence-corrected chi connectivity index (χ2v) is 6.69. The van der Waals surface area contributed by atoms with Gasteiger partial charge in [0.2, 0.25) is 0 Å². The normalized spacial score (nSPS) is 15.8. The highest BCUT2D eigenvalue weighted by Gasteiger charge is 2.18. The predicted octanol–water partition coefficient (Wildman–Crippen LogP) is 4.39. The van der Waals surface area contributed by atoms with Gasteiger partial charge in [0.25, 0.3) is 0 Å². The summed E-state index contributed by atoms with van der Waals surface area (Å²) in [5, 5.41) is 0. The zero-order valence-electron chi connectivity index (χ0n) is 14.9. The standard InChI is InChI=1S/C22H24N2O2/c1-2-7-20(8-3-1)26-21-9-4-6-19(16-21)17-23-11-13-24(14-12-23)18-22-10-5-15-25-22/h1-10,15-16H,11-14,17-18H2. The van der Waals surface area contributed by atoms with Crippen molar-refractivity contribution in [2.75, 3.05) is 26.2 Å². The van der Waals surface area contributed by atoms with Crippen molar-refractivity contribution in [3.05, 3.63) is 84.3 Å². The molecule has 0 radical (unpaired) electrons. The largest absolute Gasteiger partial charge is 0.468 e. The van der Waals surface area contributed by atoms with Crippen LogP contribution in [0.5, 0.6) is 11.5 Å². The molecule has 3 aromatic rings. The van der Waals surface area contributed by atoms with Gasteiger partial charge in [-0.05, 0) is 42.0 Å². The summed E-state index contributed by atoms with van der Waals surface area (Å²) in [6.07, 6.45) is 1.75. The third-order valence-electron chi connectivity index (χ3n) is 4.71.